The first-order valence-corrected chi connectivity index (χ1v) is 6.41. The Morgan fingerprint density at radius 2 is 1.60 bits per heavy atom. The van der Waals surface area contributed by atoms with E-state index in [9.17, 15) is 0 Å². The fraction of sp³-hybridized carbons (Fsp3) is 0.0769. The largest absolute Gasteiger partial charge is 0.433 e. The van der Waals surface area contributed by atoms with Gasteiger partial charge in [-0.05, 0) is 28.8 Å². The van der Waals surface area contributed by atoms with Gasteiger partial charge in [0.25, 0.3) is 0 Å². The van der Waals surface area contributed by atoms with Gasteiger partial charge in [0.2, 0.25) is 0 Å². The van der Waals surface area contributed by atoms with Crippen LogP contribution in [0, 0.1) is 6.92 Å². The molecule has 0 fully saturated rings. The summed E-state index contributed by atoms with van der Waals surface area (Å²) in [6.45, 7) is 2.12. The predicted octanol–water partition coefficient (Wildman–Crippen LogP) is 1.36. The predicted molar refractivity (Wildman–Crippen MR) is 67.0 cm³/mol. The molecular formula is C13H14OSi. The number of hydrogen-bond acceptors (Lipinski definition) is 1. The van der Waals surface area contributed by atoms with Gasteiger partial charge < -0.3 is 4.80 Å². The van der Waals surface area contributed by atoms with Gasteiger partial charge >= 0.3 is 0 Å². The van der Waals surface area contributed by atoms with Crippen LogP contribution in [-0.2, 0) is 0 Å². The lowest BCUT2D eigenvalue weighted by Gasteiger charge is -2.05. The Kier molecular flexibility index (Phi) is 2.99. The van der Waals surface area contributed by atoms with Crippen LogP contribution < -0.4 is 5.19 Å². The van der Waals surface area contributed by atoms with Gasteiger partial charge in [0, 0.05) is 0 Å². The summed E-state index contributed by atoms with van der Waals surface area (Å²) in [5.41, 5.74) is 3.77. The average Bonchev–Trinajstić information content (AvgIpc) is 2.30. The Hall–Kier alpha value is -1.38. The summed E-state index contributed by atoms with van der Waals surface area (Å²) in [6, 6.07) is 16.6. The summed E-state index contributed by atoms with van der Waals surface area (Å²) in [6.07, 6.45) is 0. The van der Waals surface area contributed by atoms with Gasteiger partial charge in [0.1, 0.15) is 0 Å². The number of hydrogen-bond donors (Lipinski definition) is 1. The first-order valence-electron chi connectivity index (χ1n) is 5.07. The quantitative estimate of drug-likeness (QED) is 0.749. The molecular weight excluding hydrogens is 200 g/mol. The van der Waals surface area contributed by atoms with Crippen molar-refractivity contribution in [3.8, 4) is 11.1 Å². The standard InChI is InChI=1S/C13H14OSi/c1-10-4-2-3-5-13(10)11-6-8-12(15-14)9-7-11/h2-9,14H,15H2,1H3. The maximum absolute atomic E-state index is 9.09. The van der Waals surface area contributed by atoms with Gasteiger partial charge in [-0.1, -0.05) is 48.5 Å². The van der Waals surface area contributed by atoms with Crippen molar-refractivity contribution in [1.82, 2.24) is 0 Å². The average molecular weight is 214 g/mol. The van der Waals surface area contributed by atoms with Gasteiger partial charge in [-0.25, -0.2) is 0 Å². The summed E-state index contributed by atoms with van der Waals surface area (Å²) >= 11 is 0. The molecule has 2 rings (SSSR count). The van der Waals surface area contributed by atoms with Gasteiger partial charge in [-0.3, -0.25) is 0 Å². The highest BCUT2D eigenvalue weighted by Gasteiger charge is 2.00. The van der Waals surface area contributed by atoms with Crippen molar-refractivity contribution >= 4 is 14.9 Å². The summed E-state index contributed by atoms with van der Waals surface area (Å²) in [5.74, 6) is 0. The second-order valence-electron chi connectivity index (χ2n) is 3.67. The van der Waals surface area contributed by atoms with Gasteiger partial charge in [-0.15, -0.1) is 0 Å². The van der Waals surface area contributed by atoms with E-state index < -0.39 is 9.76 Å². The molecule has 0 heterocycles. The van der Waals surface area contributed by atoms with E-state index in [1.54, 1.807) is 0 Å². The lowest BCUT2D eigenvalue weighted by atomic mass is 10.0. The number of aryl methyl sites for hydroxylation is 1. The van der Waals surface area contributed by atoms with Crippen molar-refractivity contribution in [2.75, 3.05) is 0 Å². The fourth-order valence-electron chi connectivity index (χ4n) is 1.69. The minimum Gasteiger partial charge on any atom is -0.433 e. The maximum Gasteiger partial charge on any atom is 0.187 e. The van der Waals surface area contributed by atoms with Crippen LogP contribution in [0.25, 0.3) is 11.1 Å². The molecule has 2 heteroatoms. The molecule has 1 N–H and O–H groups in total. The molecule has 2 aromatic carbocycles. The monoisotopic (exact) mass is 214 g/mol. The van der Waals surface area contributed by atoms with E-state index in [-0.39, 0.29) is 0 Å². The van der Waals surface area contributed by atoms with Crippen LogP contribution in [0.15, 0.2) is 48.5 Å². The van der Waals surface area contributed by atoms with E-state index in [0.717, 1.165) is 5.19 Å². The Bertz CT molecular complexity index is 448. The zero-order chi connectivity index (χ0) is 10.7. The normalized spacial score (nSPS) is 11.1. The van der Waals surface area contributed by atoms with Crippen LogP contribution in [-0.4, -0.2) is 14.6 Å². The van der Waals surface area contributed by atoms with E-state index in [4.69, 9.17) is 4.80 Å². The number of benzene rings is 2. The molecule has 0 saturated carbocycles. The van der Waals surface area contributed by atoms with Crippen molar-refractivity contribution < 1.29 is 4.80 Å². The van der Waals surface area contributed by atoms with E-state index in [1.165, 1.54) is 16.7 Å². The molecule has 0 aliphatic rings. The SMILES string of the molecule is Cc1ccccc1-c1ccc([SiH2]O)cc1. The van der Waals surface area contributed by atoms with E-state index >= 15 is 0 Å². The van der Waals surface area contributed by atoms with Crippen molar-refractivity contribution in [1.29, 1.82) is 0 Å². The van der Waals surface area contributed by atoms with Gasteiger partial charge in [0.05, 0.1) is 0 Å². The molecule has 0 atom stereocenters. The van der Waals surface area contributed by atoms with E-state index in [0.29, 0.717) is 0 Å². The minimum absolute atomic E-state index is 1.01. The summed E-state index contributed by atoms with van der Waals surface area (Å²) in [4.78, 5) is 9.09. The lowest BCUT2D eigenvalue weighted by Crippen LogP contribution is -2.11. The maximum atomic E-state index is 9.09. The molecule has 2 aromatic rings. The molecule has 0 radical (unpaired) electrons. The zero-order valence-electron chi connectivity index (χ0n) is 8.77. The molecule has 0 bridgehead atoms. The van der Waals surface area contributed by atoms with Gasteiger partial charge in [-0.2, -0.15) is 0 Å². The van der Waals surface area contributed by atoms with Crippen LogP contribution in [0.5, 0.6) is 0 Å². The van der Waals surface area contributed by atoms with Crippen molar-refractivity contribution in [3.05, 3.63) is 54.1 Å². The molecule has 15 heavy (non-hydrogen) atoms. The molecule has 1 nitrogen and oxygen atoms in total. The smallest absolute Gasteiger partial charge is 0.187 e. The molecule has 0 aromatic heterocycles. The minimum atomic E-state index is -1.01. The number of rotatable bonds is 2. The summed E-state index contributed by atoms with van der Waals surface area (Å²) in [5, 5.41) is 1.09. The van der Waals surface area contributed by atoms with Gasteiger partial charge in [0.15, 0.2) is 9.76 Å². The summed E-state index contributed by atoms with van der Waals surface area (Å²) < 4.78 is 0. The summed E-state index contributed by atoms with van der Waals surface area (Å²) in [7, 11) is -1.01. The zero-order valence-corrected chi connectivity index (χ0v) is 10.2. The Balaban J connectivity index is 2.42. The highest BCUT2D eigenvalue weighted by Crippen LogP contribution is 2.21. The molecule has 0 unspecified atom stereocenters. The second kappa shape index (κ2) is 4.42. The van der Waals surface area contributed by atoms with Crippen LogP contribution in [0.3, 0.4) is 0 Å². The van der Waals surface area contributed by atoms with Crippen LogP contribution >= 0.6 is 0 Å². The lowest BCUT2D eigenvalue weighted by molar-refractivity contribution is 0.615. The Labute approximate surface area is 92.3 Å². The van der Waals surface area contributed by atoms with Crippen molar-refractivity contribution in [2.24, 2.45) is 0 Å². The molecule has 0 aliphatic carbocycles. The van der Waals surface area contributed by atoms with Crippen molar-refractivity contribution in [3.63, 3.8) is 0 Å². The molecule has 0 spiro atoms. The van der Waals surface area contributed by atoms with E-state index in [1.807, 2.05) is 18.2 Å². The van der Waals surface area contributed by atoms with Crippen molar-refractivity contribution in [2.45, 2.75) is 6.92 Å². The highest BCUT2D eigenvalue weighted by molar-refractivity contribution is 6.45. The third-order valence-electron chi connectivity index (χ3n) is 2.59. The Morgan fingerprint density at radius 1 is 0.933 bits per heavy atom. The van der Waals surface area contributed by atoms with Crippen LogP contribution in [0.4, 0.5) is 0 Å². The third kappa shape index (κ3) is 2.17. The van der Waals surface area contributed by atoms with Crippen LogP contribution in [0.2, 0.25) is 0 Å². The van der Waals surface area contributed by atoms with Crippen LogP contribution in [0.1, 0.15) is 5.56 Å². The highest BCUT2D eigenvalue weighted by atomic mass is 28.2. The topological polar surface area (TPSA) is 20.2 Å². The molecule has 0 amide bonds. The third-order valence-corrected chi connectivity index (χ3v) is 3.43. The molecule has 0 saturated heterocycles. The van der Waals surface area contributed by atoms with E-state index in [2.05, 4.69) is 37.3 Å². The molecule has 0 aliphatic heterocycles. The Morgan fingerprint density at radius 3 is 2.20 bits per heavy atom. The fourth-order valence-corrected chi connectivity index (χ4v) is 2.13. The molecule has 76 valence electrons. The second-order valence-corrected chi connectivity index (χ2v) is 4.80. The first-order chi connectivity index (χ1) is 7.31. The first kappa shape index (κ1) is 10.1.